The highest BCUT2D eigenvalue weighted by Gasteiger charge is 2.20. The number of fused-ring (bicyclic) bond motifs is 5. The minimum atomic E-state index is 0.868. The highest BCUT2D eigenvalue weighted by molar-refractivity contribution is 6.13. The van der Waals surface area contributed by atoms with Crippen LogP contribution in [-0.4, -0.2) is 0 Å². The third-order valence-corrected chi connectivity index (χ3v) is 11.5. The van der Waals surface area contributed by atoms with Gasteiger partial charge in [0.05, 0.1) is 11.1 Å². The third-order valence-electron chi connectivity index (χ3n) is 11.5. The van der Waals surface area contributed by atoms with Crippen molar-refractivity contribution in [3.05, 3.63) is 224 Å². The van der Waals surface area contributed by atoms with Crippen molar-refractivity contribution in [2.24, 2.45) is 0 Å². The number of hydrogen-bond donors (Lipinski definition) is 0. The Morgan fingerprint density at radius 3 is 1.45 bits per heavy atom. The van der Waals surface area contributed by atoms with E-state index in [9.17, 15) is 0 Å². The molecule has 0 aliphatic heterocycles. The molecule has 58 heavy (non-hydrogen) atoms. The van der Waals surface area contributed by atoms with Crippen LogP contribution in [0.1, 0.15) is 0 Å². The molecular formula is C56H37NO. The fourth-order valence-electron chi connectivity index (χ4n) is 8.64. The summed E-state index contributed by atoms with van der Waals surface area (Å²) in [6.45, 7) is 0. The Hall–Kier alpha value is -7.68. The normalized spacial score (nSPS) is 11.4. The first-order valence-electron chi connectivity index (χ1n) is 19.8. The molecule has 2 nitrogen and oxygen atoms in total. The minimum Gasteiger partial charge on any atom is -0.456 e. The predicted octanol–water partition coefficient (Wildman–Crippen LogP) is 16.0. The van der Waals surface area contributed by atoms with E-state index >= 15 is 0 Å². The van der Waals surface area contributed by atoms with Crippen molar-refractivity contribution in [1.29, 1.82) is 0 Å². The lowest BCUT2D eigenvalue weighted by atomic mass is 9.91. The Labute approximate surface area is 337 Å². The van der Waals surface area contributed by atoms with E-state index in [0.29, 0.717) is 0 Å². The van der Waals surface area contributed by atoms with Crippen molar-refractivity contribution in [3.63, 3.8) is 0 Å². The third kappa shape index (κ3) is 5.91. The van der Waals surface area contributed by atoms with Crippen LogP contribution >= 0.6 is 0 Å². The van der Waals surface area contributed by atoms with Gasteiger partial charge in [0.15, 0.2) is 0 Å². The van der Waals surface area contributed by atoms with E-state index in [2.05, 4.69) is 217 Å². The number of nitrogens with zero attached hydrogens (tertiary/aromatic N) is 1. The van der Waals surface area contributed by atoms with Crippen LogP contribution in [-0.2, 0) is 0 Å². The zero-order valence-corrected chi connectivity index (χ0v) is 31.7. The highest BCUT2D eigenvalue weighted by atomic mass is 16.3. The summed E-state index contributed by atoms with van der Waals surface area (Å²) in [6, 6.07) is 80.7. The van der Waals surface area contributed by atoms with E-state index in [0.717, 1.165) is 39.0 Å². The van der Waals surface area contributed by atoms with Crippen molar-refractivity contribution in [2.75, 3.05) is 4.90 Å². The zero-order valence-electron chi connectivity index (χ0n) is 31.7. The molecule has 0 spiro atoms. The average molecular weight is 740 g/mol. The number of hydrogen-bond acceptors (Lipinski definition) is 2. The molecule has 11 aromatic rings. The molecular weight excluding hydrogens is 703 g/mol. The Kier molecular flexibility index (Phi) is 8.19. The maximum atomic E-state index is 6.40. The molecule has 0 fully saturated rings. The minimum absolute atomic E-state index is 0.868. The standard InChI is InChI=1S/C56H37NO/c1-3-12-38(13-4-1)44-26-24-40-25-27-45(37-46(40)36-44)39-28-32-47(33-29-39)57(52-21-11-23-54-56(52)51-18-7-8-22-53(51)58-54)48-34-30-42(31-35-48)50-20-10-17-43-16-9-19-49(55(43)50)41-14-5-2-6-15-41/h1-37H. The lowest BCUT2D eigenvalue weighted by Crippen LogP contribution is -2.10. The number of anilines is 3. The lowest BCUT2D eigenvalue weighted by molar-refractivity contribution is 0.669. The van der Waals surface area contributed by atoms with Gasteiger partial charge in [-0.15, -0.1) is 0 Å². The molecule has 0 atom stereocenters. The van der Waals surface area contributed by atoms with Crippen LogP contribution in [0.4, 0.5) is 17.1 Å². The molecule has 2 heteroatoms. The van der Waals surface area contributed by atoms with Gasteiger partial charge in [0.25, 0.3) is 0 Å². The molecule has 0 amide bonds. The Balaban J connectivity index is 1.02. The number of rotatable bonds is 7. The molecule has 0 aliphatic rings. The molecule has 272 valence electrons. The molecule has 1 heterocycles. The summed E-state index contributed by atoms with van der Waals surface area (Å²) in [4.78, 5) is 2.36. The predicted molar refractivity (Wildman–Crippen MR) is 245 cm³/mol. The van der Waals surface area contributed by atoms with Crippen molar-refractivity contribution in [1.82, 2.24) is 0 Å². The molecule has 0 N–H and O–H groups in total. The van der Waals surface area contributed by atoms with Crippen LogP contribution in [0.5, 0.6) is 0 Å². The molecule has 0 saturated carbocycles. The van der Waals surface area contributed by atoms with Crippen molar-refractivity contribution >= 4 is 60.5 Å². The Morgan fingerprint density at radius 1 is 0.293 bits per heavy atom. The van der Waals surface area contributed by atoms with Gasteiger partial charge in [-0.25, -0.2) is 0 Å². The second-order valence-electron chi connectivity index (χ2n) is 14.9. The summed E-state index contributed by atoms with van der Waals surface area (Å²) in [5.74, 6) is 0. The monoisotopic (exact) mass is 739 g/mol. The lowest BCUT2D eigenvalue weighted by Gasteiger charge is -2.27. The molecule has 0 bridgehead atoms. The summed E-state index contributed by atoms with van der Waals surface area (Å²) >= 11 is 0. The summed E-state index contributed by atoms with van der Waals surface area (Å²) in [5, 5.41) is 7.14. The summed E-state index contributed by atoms with van der Waals surface area (Å²) < 4.78 is 6.40. The Bertz CT molecular complexity index is 3250. The fourth-order valence-corrected chi connectivity index (χ4v) is 8.64. The van der Waals surface area contributed by atoms with Crippen LogP contribution in [0.3, 0.4) is 0 Å². The van der Waals surface area contributed by atoms with Gasteiger partial charge in [-0.3, -0.25) is 0 Å². The van der Waals surface area contributed by atoms with Gasteiger partial charge in [-0.05, 0) is 121 Å². The highest BCUT2D eigenvalue weighted by Crippen LogP contribution is 2.44. The molecule has 0 radical (unpaired) electrons. The summed E-state index contributed by atoms with van der Waals surface area (Å²) in [7, 11) is 0. The van der Waals surface area contributed by atoms with Gasteiger partial charge in [-0.1, -0.05) is 170 Å². The topological polar surface area (TPSA) is 16.4 Å². The van der Waals surface area contributed by atoms with Crippen LogP contribution < -0.4 is 4.90 Å². The fraction of sp³-hybridized carbons (Fsp3) is 0. The van der Waals surface area contributed by atoms with Gasteiger partial charge in [0.1, 0.15) is 11.2 Å². The average Bonchev–Trinajstić information content (AvgIpc) is 3.69. The molecule has 10 aromatic carbocycles. The van der Waals surface area contributed by atoms with E-state index in [1.807, 2.05) is 12.1 Å². The SMILES string of the molecule is c1ccc(-c2ccc3ccc(-c4ccc(N(c5ccc(-c6cccc7cccc(-c8ccccc8)c67)cc5)c5cccc6oc7ccccc7c56)cc4)cc3c2)cc1. The van der Waals surface area contributed by atoms with Gasteiger partial charge in [0, 0.05) is 16.8 Å². The van der Waals surface area contributed by atoms with Gasteiger partial charge in [0.2, 0.25) is 0 Å². The molecule has 0 aliphatic carbocycles. The van der Waals surface area contributed by atoms with E-state index < -0.39 is 0 Å². The molecule has 1 aromatic heterocycles. The summed E-state index contributed by atoms with van der Waals surface area (Å²) in [6.07, 6.45) is 0. The van der Waals surface area contributed by atoms with E-state index in [4.69, 9.17) is 4.42 Å². The first-order chi connectivity index (χ1) is 28.7. The van der Waals surface area contributed by atoms with Gasteiger partial charge < -0.3 is 9.32 Å². The quantitative estimate of drug-likeness (QED) is 0.162. The zero-order chi connectivity index (χ0) is 38.4. The molecule has 0 saturated heterocycles. The molecule has 11 rings (SSSR count). The largest absolute Gasteiger partial charge is 0.456 e. The smallest absolute Gasteiger partial charge is 0.137 e. The van der Waals surface area contributed by atoms with E-state index in [1.54, 1.807) is 0 Å². The number of benzene rings is 10. The van der Waals surface area contributed by atoms with Crippen molar-refractivity contribution < 1.29 is 4.42 Å². The van der Waals surface area contributed by atoms with Crippen LogP contribution in [0.2, 0.25) is 0 Å². The van der Waals surface area contributed by atoms with Crippen molar-refractivity contribution in [3.8, 4) is 44.5 Å². The van der Waals surface area contributed by atoms with E-state index in [1.165, 1.54) is 66.1 Å². The second kappa shape index (κ2) is 14.1. The van der Waals surface area contributed by atoms with Gasteiger partial charge in [-0.2, -0.15) is 0 Å². The van der Waals surface area contributed by atoms with Crippen LogP contribution in [0.25, 0.3) is 88.0 Å². The maximum absolute atomic E-state index is 6.40. The van der Waals surface area contributed by atoms with Gasteiger partial charge >= 0.3 is 0 Å². The van der Waals surface area contributed by atoms with E-state index in [-0.39, 0.29) is 0 Å². The first-order valence-corrected chi connectivity index (χ1v) is 19.8. The molecule has 0 unspecified atom stereocenters. The first kappa shape index (κ1) is 33.6. The second-order valence-corrected chi connectivity index (χ2v) is 14.9. The summed E-state index contributed by atoms with van der Waals surface area (Å²) in [5.41, 5.74) is 14.6. The Morgan fingerprint density at radius 2 is 0.793 bits per heavy atom. The van der Waals surface area contributed by atoms with Crippen LogP contribution in [0, 0.1) is 0 Å². The number of para-hydroxylation sites is 1. The van der Waals surface area contributed by atoms with Crippen LogP contribution in [0.15, 0.2) is 229 Å². The van der Waals surface area contributed by atoms with Crippen molar-refractivity contribution in [2.45, 2.75) is 0 Å². The maximum Gasteiger partial charge on any atom is 0.137 e. The number of furan rings is 1.